The van der Waals surface area contributed by atoms with Gasteiger partial charge in [-0.05, 0) is 42.0 Å². The minimum Gasteiger partial charge on any atom is -0.311 e. The summed E-state index contributed by atoms with van der Waals surface area (Å²) in [6, 6.07) is 15.5. The molecule has 0 fully saturated rings. The number of aromatic nitrogens is 2. The first kappa shape index (κ1) is 20.4. The van der Waals surface area contributed by atoms with Gasteiger partial charge in [-0.1, -0.05) is 36.4 Å². The summed E-state index contributed by atoms with van der Waals surface area (Å²) in [5, 5.41) is 1.72. The van der Waals surface area contributed by atoms with E-state index in [1.807, 2.05) is 24.3 Å². The fourth-order valence-electron chi connectivity index (χ4n) is 4.24. The van der Waals surface area contributed by atoms with Crippen molar-refractivity contribution >= 4 is 33.1 Å². The molecule has 162 valence electrons. The number of para-hydroxylation sites is 1. The van der Waals surface area contributed by atoms with Crippen molar-refractivity contribution in [3.05, 3.63) is 97.8 Å². The molecule has 0 saturated carbocycles. The zero-order valence-electron chi connectivity index (χ0n) is 17.2. The van der Waals surface area contributed by atoms with E-state index in [4.69, 9.17) is 0 Å². The number of rotatable bonds is 4. The van der Waals surface area contributed by atoms with Crippen LogP contribution in [-0.4, -0.2) is 21.6 Å². The van der Waals surface area contributed by atoms with E-state index < -0.39 is 17.1 Å². The number of carbonyl (C=O) groups excluding carboxylic acids is 1. The van der Waals surface area contributed by atoms with Crippen molar-refractivity contribution in [1.82, 2.24) is 9.13 Å². The number of hydrogen-bond acceptors (Lipinski definition) is 4. The Balaban J connectivity index is 1.57. The van der Waals surface area contributed by atoms with Gasteiger partial charge < -0.3 is 4.90 Å². The molecule has 2 aromatic carbocycles. The second-order valence-corrected chi connectivity index (χ2v) is 8.68. The number of benzene rings is 2. The molecule has 0 N–H and O–H groups in total. The molecule has 0 atom stereocenters. The molecule has 1 amide bonds. The molecule has 0 saturated heterocycles. The lowest BCUT2D eigenvalue weighted by Gasteiger charge is -2.29. The number of halogens is 1. The third-order valence-electron chi connectivity index (χ3n) is 5.83. The van der Waals surface area contributed by atoms with Crippen LogP contribution >= 0.6 is 11.3 Å². The normalized spacial score (nSPS) is 13.3. The number of amides is 1. The van der Waals surface area contributed by atoms with E-state index in [0.29, 0.717) is 16.8 Å². The number of aryl methyl sites for hydroxylation is 1. The van der Waals surface area contributed by atoms with Gasteiger partial charge >= 0.3 is 5.69 Å². The Labute approximate surface area is 186 Å². The van der Waals surface area contributed by atoms with Crippen LogP contribution < -0.4 is 16.1 Å². The first-order valence-electron chi connectivity index (χ1n) is 10.4. The number of anilines is 1. The largest absolute Gasteiger partial charge is 0.332 e. The molecule has 32 heavy (non-hydrogen) atoms. The summed E-state index contributed by atoms with van der Waals surface area (Å²) < 4.78 is 16.9. The summed E-state index contributed by atoms with van der Waals surface area (Å²) in [4.78, 5) is 41.3. The SMILES string of the molecule is O=C(Cn1c(=O)n(Cc2ccccc2F)c(=O)c2sccc21)N1CCCc2ccccc21. The van der Waals surface area contributed by atoms with Crippen molar-refractivity contribution in [3.63, 3.8) is 0 Å². The van der Waals surface area contributed by atoms with E-state index >= 15 is 0 Å². The van der Waals surface area contributed by atoms with Crippen molar-refractivity contribution in [2.75, 3.05) is 11.4 Å². The maximum absolute atomic E-state index is 14.2. The highest BCUT2D eigenvalue weighted by Crippen LogP contribution is 2.27. The number of nitrogens with zero attached hydrogens (tertiary/aromatic N) is 3. The Morgan fingerprint density at radius 1 is 1.00 bits per heavy atom. The van der Waals surface area contributed by atoms with Crippen LogP contribution in [0.25, 0.3) is 10.2 Å². The quantitative estimate of drug-likeness (QED) is 0.480. The Kier molecular flexibility index (Phi) is 5.22. The van der Waals surface area contributed by atoms with E-state index in [-0.39, 0.29) is 24.6 Å². The van der Waals surface area contributed by atoms with Gasteiger partial charge in [-0.25, -0.2) is 9.18 Å². The van der Waals surface area contributed by atoms with Gasteiger partial charge in [0.1, 0.15) is 17.1 Å². The third kappa shape index (κ3) is 3.46. The highest BCUT2D eigenvalue weighted by Gasteiger charge is 2.24. The van der Waals surface area contributed by atoms with Gasteiger partial charge in [0.15, 0.2) is 0 Å². The molecule has 1 aliphatic heterocycles. The maximum atomic E-state index is 14.2. The van der Waals surface area contributed by atoms with Crippen molar-refractivity contribution in [2.24, 2.45) is 0 Å². The number of fused-ring (bicyclic) bond motifs is 2. The van der Waals surface area contributed by atoms with E-state index in [2.05, 4.69) is 0 Å². The number of hydrogen-bond donors (Lipinski definition) is 0. The average Bonchev–Trinajstić information content (AvgIpc) is 3.30. The molecule has 1 aliphatic rings. The Bertz CT molecular complexity index is 1450. The molecule has 2 aromatic heterocycles. The molecular weight excluding hydrogens is 429 g/mol. The van der Waals surface area contributed by atoms with E-state index in [0.717, 1.165) is 28.7 Å². The first-order valence-corrected chi connectivity index (χ1v) is 11.2. The summed E-state index contributed by atoms with van der Waals surface area (Å²) in [6.07, 6.45) is 1.75. The van der Waals surface area contributed by atoms with Gasteiger partial charge in [0.25, 0.3) is 5.56 Å². The maximum Gasteiger partial charge on any atom is 0.332 e. The Morgan fingerprint density at radius 3 is 2.62 bits per heavy atom. The predicted octanol–water partition coefficient (Wildman–Crippen LogP) is 3.39. The fourth-order valence-corrected chi connectivity index (χ4v) is 5.08. The molecule has 8 heteroatoms. The molecule has 0 radical (unpaired) electrons. The highest BCUT2D eigenvalue weighted by molar-refractivity contribution is 7.17. The summed E-state index contributed by atoms with van der Waals surface area (Å²) in [6.45, 7) is 0.184. The first-order chi connectivity index (χ1) is 15.5. The van der Waals surface area contributed by atoms with Crippen LogP contribution in [-0.2, 0) is 24.3 Å². The summed E-state index contributed by atoms with van der Waals surface area (Å²) in [5.41, 5.74) is 1.53. The molecule has 3 heterocycles. The Morgan fingerprint density at radius 2 is 1.78 bits per heavy atom. The van der Waals surface area contributed by atoms with E-state index in [9.17, 15) is 18.8 Å². The van der Waals surface area contributed by atoms with Gasteiger partial charge in [-0.15, -0.1) is 11.3 Å². The van der Waals surface area contributed by atoms with Gasteiger partial charge in [0, 0.05) is 17.8 Å². The molecular formula is C24H20FN3O3S. The monoisotopic (exact) mass is 449 g/mol. The lowest BCUT2D eigenvalue weighted by molar-refractivity contribution is -0.119. The molecule has 0 bridgehead atoms. The summed E-state index contributed by atoms with van der Waals surface area (Å²) in [7, 11) is 0. The summed E-state index contributed by atoms with van der Waals surface area (Å²) >= 11 is 1.21. The molecule has 5 rings (SSSR count). The second-order valence-electron chi connectivity index (χ2n) is 7.76. The van der Waals surface area contributed by atoms with Crippen LogP contribution in [0, 0.1) is 5.82 Å². The smallest absolute Gasteiger partial charge is 0.311 e. The minimum atomic E-state index is -0.622. The number of carbonyl (C=O) groups is 1. The van der Waals surface area contributed by atoms with E-state index in [1.54, 1.807) is 34.5 Å². The topological polar surface area (TPSA) is 64.3 Å². The molecule has 0 spiro atoms. The molecule has 4 aromatic rings. The van der Waals surface area contributed by atoms with Crippen molar-refractivity contribution < 1.29 is 9.18 Å². The molecule has 0 unspecified atom stereocenters. The predicted molar refractivity (Wildman–Crippen MR) is 123 cm³/mol. The van der Waals surface area contributed by atoms with Crippen LogP contribution in [0.3, 0.4) is 0 Å². The van der Waals surface area contributed by atoms with Crippen LogP contribution in [0.2, 0.25) is 0 Å². The van der Waals surface area contributed by atoms with Gasteiger partial charge in [0.05, 0.1) is 12.1 Å². The minimum absolute atomic E-state index is 0.196. The molecule has 6 nitrogen and oxygen atoms in total. The van der Waals surface area contributed by atoms with Crippen LogP contribution in [0.5, 0.6) is 0 Å². The zero-order valence-corrected chi connectivity index (χ0v) is 18.0. The summed E-state index contributed by atoms with van der Waals surface area (Å²) in [5.74, 6) is -0.708. The average molecular weight is 450 g/mol. The van der Waals surface area contributed by atoms with Gasteiger partial charge in [-0.2, -0.15) is 0 Å². The van der Waals surface area contributed by atoms with Gasteiger partial charge in [0.2, 0.25) is 5.91 Å². The van der Waals surface area contributed by atoms with Crippen LogP contribution in [0.4, 0.5) is 10.1 Å². The number of thiophene rings is 1. The zero-order chi connectivity index (χ0) is 22.2. The van der Waals surface area contributed by atoms with Crippen molar-refractivity contribution in [1.29, 1.82) is 0 Å². The van der Waals surface area contributed by atoms with E-state index in [1.165, 1.54) is 22.0 Å². The van der Waals surface area contributed by atoms with Crippen LogP contribution in [0.15, 0.2) is 69.6 Å². The molecule has 0 aliphatic carbocycles. The third-order valence-corrected chi connectivity index (χ3v) is 6.72. The van der Waals surface area contributed by atoms with Crippen molar-refractivity contribution in [2.45, 2.75) is 25.9 Å². The second kappa shape index (κ2) is 8.20. The lowest BCUT2D eigenvalue weighted by Crippen LogP contribution is -2.44. The van der Waals surface area contributed by atoms with Crippen LogP contribution in [0.1, 0.15) is 17.5 Å². The highest BCUT2D eigenvalue weighted by atomic mass is 32.1. The lowest BCUT2D eigenvalue weighted by atomic mass is 10.0. The standard InChI is InChI=1S/C24H20FN3O3S/c25-18-9-3-1-7-17(18)14-28-23(30)22-20(11-13-32-22)27(24(28)31)15-21(29)26-12-5-8-16-6-2-4-10-19(16)26/h1-4,6-7,9-11,13H,5,8,12,14-15H2. The van der Waals surface area contributed by atoms with Gasteiger partial charge in [-0.3, -0.25) is 18.7 Å². The fraction of sp³-hybridized carbons (Fsp3) is 0.208. The van der Waals surface area contributed by atoms with Crippen molar-refractivity contribution in [3.8, 4) is 0 Å². The Hall–Kier alpha value is -3.52.